The van der Waals surface area contributed by atoms with Crippen LogP contribution < -0.4 is 11.3 Å². The number of halogens is 1. The lowest BCUT2D eigenvalue weighted by Gasteiger charge is -2.21. The van der Waals surface area contributed by atoms with Crippen molar-refractivity contribution in [2.75, 3.05) is 0 Å². The molecule has 5 rings (SSSR count). The second-order valence-corrected chi connectivity index (χ2v) is 9.00. The van der Waals surface area contributed by atoms with Gasteiger partial charge in [-0.25, -0.2) is 0 Å². The van der Waals surface area contributed by atoms with E-state index < -0.39 is 5.91 Å². The standard InChI is InChI=1S/C26H22BrN3O2/c1-15-7-9-16(10-8-15)14-30-23-19(21(27)24(30)25(28)31)12-11-18-13-20(26(32)29-22(18)23)17-5-3-2-4-6-17/h2-10,13H,11-12,14H2,1H3,(H2,28,31)(H,29,32). The van der Waals surface area contributed by atoms with E-state index in [2.05, 4.69) is 20.9 Å². The summed E-state index contributed by atoms with van der Waals surface area (Å²) in [5.41, 5.74) is 13.5. The first-order chi connectivity index (χ1) is 15.4. The molecule has 1 aliphatic carbocycles. The summed E-state index contributed by atoms with van der Waals surface area (Å²) in [6, 6.07) is 19.8. The summed E-state index contributed by atoms with van der Waals surface area (Å²) in [6.07, 6.45) is 1.52. The molecule has 1 amide bonds. The van der Waals surface area contributed by atoms with Crippen LogP contribution in [0.5, 0.6) is 0 Å². The number of benzene rings is 2. The van der Waals surface area contributed by atoms with E-state index in [-0.39, 0.29) is 5.56 Å². The smallest absolute Gasteiger partial charge is 0.266 e. The van der Waals surface area contributed by atoms with Crippen LogP contribution in [-0.2, 0) is 19.4 Å². The Balaban J connectivity index is 1.71. The number of H-pyrrole nitrogens is 1. The zero-order valence-electron chi connectivity index (χ0n) is 17.6. The zero-order valence-corrected chi connectivity index (χ0v) is 19.2. The third kappa shape index (κ3) is 3.41. The summed E-state index contributed by atoms with van der Waals surface area (Å²) < 4.78 is 2.65. The molecule has 160 valence electrons. The van der Waals surface area contributed by atoms with Crippen molar-refractivity contribution < 1.29 is 4.79 Å². The van der Waals surface area contributed by atoms with Gasteiger partial charge in [0.15, 0.2) is 0 Å². The number of aryl methyl sites for hydroxylation is 2. The lowest BCUT2D eigenvalue weighted by atomic mass is 9.92. The van der Waals surface area contributed by atoms with Crippen LogP contribution in [0, 0.1) is 6.92 Å². The molecule has 0 unspecified atom stereocenters. The van der Waals surface area contributed by atoms with Gasteiger partial charge in [-0.15, -0.1) is 0 Å². The van der Waals surface area contributed by atoms with Crippen molar-refractivity contribution >= 4 is 21.8 Å². The number of rotatable bonds is 4. The second kappa shape index (κ2) is 7.95. The maximum Gasteiger partial charge on any atom is 0.266 e. The van der Waals surface area contributed by atoms with E-state index >= 15 is 0 Å². The fraction of sp³-hybridized carbons (Fsp3) is 0.154. The van der Waals surface area contributed by atoms with E-state index in [1.54, 1.807) is 0 Å². The summed E-state index contributed by atoms with van der Waals surface area (Å²) in [5.74, 6) is -0.497. The highest BCUT2D eigenvalue weighted by molar-refractivity contribution is 9.10. The first-order valence-corrected chi connectivity index (χ1v) is 11.3. The molecule has 5 nitrogen and oxygen atoms in total. The van der Waals surface area contributed by atoms with Gasteiger partial charge in [-0.1, -0.05) is 60.2 Å². The molecular weight excluding hydrogens is 466 g/mol. The van der Waals surface area contributed by atoms with Gasteiger partial charge in [0.25, 0.3) is 11.5 Å². The van der Waals surface area contributed by atoms with E-state index in [4.69, 9.17) is 5.73 Å². The van der Waals surface area contributed by atoms with Gasteiger partial charge in [0.1, 0.15) is 5.69 Å². The molecule has 2 aromatic carbocycles. The van der Waals surface area contributed by atoms with Crippen LogP contribution in [0.2, 0.25) is 0 Å². The molecule has 0 radical (unpaired) electrons. The van der Waals surface area contributed by atoms with Crippen LogP contribution in [0.25, 0.3) is 22.5 Å². The number of aromatic amines is 1. The Labute approximate surface area is 194 Å². The van der Waals surface area contributed by atoms with Crippen LogP contribution in [0.15, 0.2) is 69.9 Å². The van der Waals surface area contributed by atoms with Gasteiger partial charge in [0, 0.05) is 12.1 Å². The maximum absolute atomic E-state index is 13.1. The number of hydrogen-bond acceptors (Lipinski definition) is 2. The van der Waals surface area contributed by atoms with Crippen molar-refractivity contribution in [3.05, 3.63) is 103 Å². The molecule has 6 heteroatoms. The first-order valence-electron chi connectivity index (χ1n) is 10.5. The zero-order chi connectivity index (χ0) is 22.4. The Hall–Kier alpha value is -3.38. The predicted octanol–water partition coefficient (Wildman–Crippen LogP) is 4.83. The summed E-state index contributed by atoms with van der Waals surface area (Å²) in [6.45, 7) is 2.52. The highest BCUT2D eigenvalue weighted by Crippen LogP contribution is 2.41. The average molecular weight is 488 g/mol. The Morgan fingerprint density at radius 1 is 1.09 bits per heavy atom. The van der Waals surface area contributed by atoms with E-state index in [9.17, 15) is 9.59 Å². The highest BCUT2D eigenvalue weighted by Gasteiger charge is 2.30. The average Bonchev–Trinajstić information content (AvgIpc) is 3.07. The Bertz CT molecular complexity index is 1400. The molecule has 0 aliphatic heterocycles. The molecule has 1 aliphatic rings. The largest absolute Gasteiger partial charge is 0.364 e. The number of nitrogens with one attached hydrogen (secondary N) is 1. The number of aromatic nitrogens is 2. The molecule has 0 fully saturated rings. The first kappa shape index (κ1) is 20.5. The Kier molecular flexibility index (Phi) is 5.10. The fourth-order valence-electron chi connectivity index (χ4n) is 4.50. The number of nitrogens with zero attached hydrogens (tertiary/aromatic N) is 1. The molecule has 3 N–H and O–H groups in total. The fourth-order valence-corrected chi connectivity index (χ4v) is 5.30. The lowest BCUT2D eigenvalue weighted by Crippen LogP contribution is -2.20. The summed E-state index contributed by atoms with van der Waals surface area (Å²) >= 11 is 3.62. The van der Waals surface area contributed by atoms with Crippen LogP contribution >= 0.6 is 15.9 Å². The van der Waals surface area contributed by atoms with E-state index in [0.717, 1.165) is 46.5 Å². The highest BCUT2D eigenvalue weighted by atomic mass is 79.9. The molecule has 2 aromatic heterocycles. The van der Waals surface area contributed by atoms with Crippen LogP contribution in [0.1, 0.15) is 32.7 Å². The van der Waals surface area contributed by atoms with Gasteiger partial charge in [-0.2, -0.15) is 0 Å². The lowest BCUT2D eigenvalue weighted by molar-refractivity contribution is 0.0991. The van der Waals surface area contributed by atoms with Gasteiger partial charge in [0.2, 0.25) is 0 Å². The maximum atomic E-state index is 13.1. The Morgan fingerprint density at radius 2 is 1.81 bits per heavy atom. The van der Waals surface area contributed by atoms with Crippen molar-refractivity contribution in [3.8, 4) is 22.5 Å². The molecule has 32 heavy (non-hydrogen) atoms. The molecule has 4 aromatic rings. The third-order valence-corrected chi connectivity index (χ3v) is 6.94. The topological polar surface area (TPSA) is 80.9 Å². The van der Waals surface area contributed by atoms with Crippen molar-refractivity contribution in [1.29, 1.82) is 0 Å². The number of carbonyl (C=O) groups is 1. The van der Waals surface area contributed by atoms with Gasteiger partial charge in [-0.05, 0) is 64.0 Å². The summed E-state index contributed by atoms with van der Waals surface area (Å²) in [7, 11) is 0. The number of carbonyl (C=O) groups excluding carboxylic acids is 1. The van der Waals surface area contributed by atoms with Gasteiger partial charge < -0.3 is 15.3 Å². The van der Waals surface area contributed by atoms with E-state index in [1.807, 2.05) is 72.2 Å². The van der Waals surface area contributed by atoms with Gasteiger partial charge in [0.05, 0.1) is 15.9 Å². The molecule has 0 bridgehead atoms. The van der Waals surface area contributed by atoms with E-state index in [0.29, 0.717) is 22.3 Å². The summed E-state index contributed by atoms with van der Waals surface area (Å²) in [4.78, 5) is 28.6. The molecule has 0 saturated heterocycles. The monoisotopic (exact) mass is 487 g/mol. The molecule has 0 spiro atoms. The SMILES string of the molecule is Cc1ccc(Cn2c(C(N)=O)c(Br)c3c2-c2[nH]c(=O)c(-c4ccccc4)cc2CC3)cc1. The number of nitrogens with two attached hydrogens (primary N) is 1. The van der Waals surface area contributed by atoms with Crippen LogP contribution in [0.3, 0.4) is 0 Å². The minimum atomic E-state index is -0.497. The number of fused-ring (bicyclic) bond motifs is 3. The van der Waals surface area contributed by atoms with E-state index in [1.165, 1.54) is 5.56 Å². The minimum absolute atomic E-state index is 0.150. The van der Waals surface area contributed by atoms with Crippen molar-refractivity contribution in [2.45, 2.75) is 26.3 Å². The Morgan fingerprint density at radius 3 is 2.50 bits per heavy atom. The number of pyridine rings is 1. The second-order valence-electron chi connectivity index (χ2n) is 8.20. The van der Waals surface area contributed by atoms with Crippen molar-refractivity contribution in [3.63, 3.8) is 0 Å². The third-order valence-electron chi connectivity index (χ3n) is 6.08. The normalized spacial score (nSPS) is 12.3. The number of amides is 1. The molecule has 0 saturated carbocycles. The quantitative estimate of drug-likeness (QED) is 0.432. The molecule has 0 atom stereocenters. The van der Waals surface area contributed by atoms with Crippen molar-refractivity contribution in [1.82, 2.24) is 9.55 Å². The molecular formula is C26H22BrN3O2. The minimum Gasteiger partial charge on any atom is -0.364 e. The number of primary amides is 1. The predicted molar refractivity (Wildman–Crippen MR) is 130 cm³/mol. The molecule has 2 heterocycles. The number of hydrogen-bond donors (Lipinski definition) is 2. The van der Waals surface area contributed by atoms with Crippen LogP contribution in [-0.4, -0.2) is 15.5 Å². The van der Waals surface area contributed by atoms with Gasteiger partial charge in [-0.3, -0.25) is 9.59 Å². The van der Waals surface area contributed by atoms with Crippen molar-refractivity contribution in [2.24, 2.45) is 5.73 Å². The van der Waals surface area contributed by atoms with Crippen LogP contribution in [0.4, 0.5) is 0 Å². The summed E-state index contributed by atoms with van der Waals surface area (Å²) in [5, 5.41) is 0. The van der Waals surface area contributed by atoms with Gasteiger partial charge >= 0.3 is 0 Å².